The lowest BCUT2D eigenvalue weighted by atomic mass is 10.1. The number of thiazole rings is 1. The van der Waals surface area contributed by atoms with Crippen molar-refractivity contribution >= 4 is 57.2 Å². The molecule has 0 saturated carbocycles. The van der Waals surface area contributed by atoms with Crippen LogP contribution in [0.1, 0.15) is 16.3 Å². The predicted octanol–water partition coefficient (Wildman–Crippen LogP) is 8.41. The van der Waals surface area contributed by atoms with Gasteiger partial charge in [-0.1, -0.05) is 23.7 Å². The van der Waals surface area contributed by atoms with E-state index in [9.17, 15) is 18.4 Å². The number of alkyl halides is 3. The first kappa shape index (κ1) is 22.6. The summed E-state index contributed by atoms with van der Waals surface area (Å²) in [6.45, 7) is 0. The average Bonchev–Trinajstić information content (AvgIpc) is 3.42. The maximum atomic E-state index is 13.0. The predicted molar refractivity (Wildman–Crippen MR) is 128 cm³/mol. The molecule has 0 aliphatic heterocycles. The summed E-state index contributed by atoms with van der Waals surface area (Å²) in [4.78, 5) is 4.53. The highest BCUT2D eigenvalue weighted by atomic mass is 127. The highest BCUT2D eigenvalue weighted by Gasteiger charge is 2.31. The SMILES string of the molecule is N#C/C(=C\c1ccc(-c2cc(C(F)(F)F)ccc2Cl)o1)c1nc(-c2ccc(I)cc2)cs1. The van der Waals surface area contributed by atoms with E-state index >= 15 is 0 Å². The van der Waals surface area contributed by atoms with Crippen LogP contribution < -0.4 is 0 Å². The molecule has 0 saturated heterocycles. The number of hydrogen-bond acceptors (Lipinski definition) is 4. The van der Waals surface area contributed by atoms with Crippen LogP contribution in [0.4, 0.5) is 13.2 Å². The van der Waals surface area contributed by atoms with E-state index < -0.39 is 11.7 Å². The van der Waals surface area contributed by atoms with Gasteiger partial charge in [-0.3, -0.25) is 0 Å². The number of halogens is 5. The summed E-state index contributed by atoms with van der Waals surface area (Å²) in [6, 6.07) is 16.1. The molecule has 2 aromatic carbocycles. The number of rotatable bonds is 4. The number of hydrogen-bond donors (Lipinski definition) is 0. The third-order valence-electron chi connectivity index (χ3n) is 4.47. The van der Waals surface area contributed by atoms with Gasteiger partial charge in [0.25, 0.3) is 0 Å². The zero-order valence-electron chi connectivity index (χ0n) is 16.0. The Labute approximate surface area is 203 Å². The van der Waals surface area contributed by atoms with Gasteiger partial charge in [-0.15, -0.1) is 11.3 Å². The Kier molecular flexibility index (Phi) is 6.42. The standard InChI is InChI=1S/C23H11ClF3IN2OS/c24-19-7-3-15(23(25,26)27)10-18(19)21-8-6-17(31-21)9-14(11-29)22-30-20(12-32-22)13-1-4-16(28)5-2-13/h1-10,12H/b14-9+. The van der Waals surface area contributed by atoms with Crippen molar-refractivity contribution in [1.82, 2.24) is 4.98 Å². The van der Waals surface area contributed by atoms with Crippen LogP contribution in [0.3, 0.4) is 0 Å². The molecule has 0 aliphatic rings. The van der Waals surface area contributed by atoms with Crippen molar-refractivity contribution < 1.29 is 17.6 Å². The minimum atomic E-state index is -4.50. The summed E-state index contributed by atoms with van der Waals surface area (Å²) in [5.74, 6) is 0.472. The molecule has 0 fully saturated rings. The van der Waals surface area contributed by atoms with Gasteiger partial charge in [0.2, 0.25) is 0 Å². The van der Waals surface area contributed by atoms with Crippen LogP contribution >= 0.6 is 45.5 Å². The zero-order chi connectivity index (χ0) is 22.9. The summed E-state index contributed by atoms with van der Waals surface area (Å²) < 4.78 is 45.9. The van der Waals surface area contributed by atoms with Crippen LogP contribution in [-0.4, -0.2) is 4.98 Å². The largest absolute Gasteiger partial charge is 0.457 e. The van der Waals surface area contributed by atoms with Crippen molar-refractivity contribution in [1.29, 1.82) is 5.26 Å². The Bertz CT molecular complexity index is 1350. The zero-order valence-corrected chi connectivity index (χ0v) is 19.7. The number of aromatic nitrogens is 1. The second-order valence-electron chi connectivity index (χ2n) is 6.61. The first-order chi connectivity index (χ1) is 15.2. The van der Waals surface area contributed by atoms with E-state index in [1.807, 2.05) is 29.6 Å². The maximum Gasteiger partial charge on any atom is 0.416 e. The average molecular weight is 583 g/mol. The second-order valence-corrected chi connectivity index (χ2v) is 9.12. The van der Waals surface area contributed by atoms with E-state index in [0.29, 0.717) is 10.8 Å². The van der Waals surface area contributed by atoms with Crippen LogP contribution in [0.25, 0.3) is 34.2 Å². The highest BCUT2D eigenvalue weighted by molar-refractivity contribution is 14.1. The van der Waals surface area contributed by atoms with Crippen LogP contribution in [0.15, 0.2) is 64.4 Å². The van der Waals surface area contributed by atoms with Gasteiger partial charge in [0.1, 0.15) is 22.6 Å². The van der Waals surface area contributed by atoms with E-state index in [-0.39, 0.29) is 21.9 Å². The molecule has 4 rings (SSSR count). The van der Waals surface area contributed by atoms with Crippen molar-refractivity contribution in [2.75, 3.05) is 0 Å². The molecule has 0 amide bonds. The van der Waals surface area contributed by atoms with Crippen molar-refractivity contribution in [3.63, 3.8) is 0 Å². The quantitative estimate of drug-likeness (QED) is 0.179. The van der Waals surface area contributed by atoms with Gasteiger partial charge < -0.3 is 4.42 Å². The fourth-order valence-corrected chi connectivity index (χ4v) is 4.27. The molecule has 2 aromatic heterocycles. The smallest absolute Gasteiger partial charge is 0.416 e. The Morgan fingerprint density at radius 3 is 2.56 bits per heavy atom. The lowest BCUT2D eigenvalue weighted by Gasteiger charge is -2.09. The van der Waals surface area contributed by atoms with E-state index in [4.69, 9.17) is 16.0 Å². The molecular weight excluding hydrogens is 572 g/mol. The van der Waals surface area contributed by atoms with Gasteiger partial charge >= 0.3 is 6.18 Å². The topological polar surface area (TPSA) is 49.8 Å². The van der Waals surface area contributed by atoms with Crippen molar-refractivity contribution in [3.8, 4) is 28.7 Å². The molecule has 160 valence electrons. The second kappa shape index (κ2) is 9.10. The minimum absolute atomic E-state index is 0.120. The number of allylic oxidation sites excluding steroid dienone is 1. The van der Waals surface area contributed by atoms with Crippen LogP contribution in [0, 0.1) is 14.9 Å². The highest BCUT2D eigenvalue weighted by Crippen LogP contribution is 2.37. The van der Waals surface area contributed by atoms with Gasteiger partial charge in [-0.05, 0) is 65.1 Å². The number of benzene rings is 2. The fraction of sp³-hybridized carbons (Fsp3) is 0.0435. The lowest BCUT2D eigenvalue weighted by molar-refractivity contribution is -0.137. The lowest BCUT2D eigenvalue weighted by Crippen LogP contribution is -2.04. The molecule has 3 nitrogen and oxygen atoms in total. The van der Waals surface area contributed by atoms with E-state index in [1.54, 1.807) is 6.07 Å². The van der Waals surface area contributed by atoms with Gasteiger partial charge in [-0.25, -0.2) is 4.98 Å². The van der Waals surface area contributed by atoms with Gasteiger partial charge in [0.05, 0.1) is 21.9 Å². The van der Waals surface area contributed by atoms with E-state index in [2.05, 4.69) is 33.6 Å². The summed E-state index contributed by atoms with van der Waals surface area (Å²) in [5, 5.41) is 12.1. The molecule has 0 spiro atoms. The minimum Gasteiger partial charge on any atom is -0.457 e. The van der Waals surface area contributed by atoms with Gasteiger partial charge in [0, 0.05) is 26.2 Å². The molecule has 9 heteroatoms. The summed E-state index contributed by atoms with van der Waals surface area (Å²) in [6.07, 6.45) is -3.00. The molecule has 32 heavy (non-hydrogen) atoms. The third-order valence-corrected chi connectivity index (χ3v) is 6.39. The first-order valence-corrected chi connectivity index (χ1v) is 11.4. The summed E-state index contributed by atoms with van der Waals surface area (Å²) in [7, 11) is 0. The first-order valence-electron chi connectivity index (χ1n) is 9.05. The molecule has 2 heterocycles. The Morgan fingerprint density at radius 2 is 1.88 bits per heavy atom. The van der Waals surface area contributed by atoms with Crippen LogP contribution in [-0.2, 0) is 6.18 Å². The van der Waals surface area contributed by atoms with Gasteiger partial charge in [0.15, 0.2) is 0 Å². The monoisotopic (exact) mass is 582 g/mol. The van der Waals surface area contributed by atoms with Crippen molar-refractivity contribution in [2.24, 2.45) is 0 Å². The number of nitrogens with zero attached hydrogens (tertiary/aromatic N) is 2. The molecule has 0 bridgehead atoms. The molecule has 0 unspecified atom stereocenters. The molecule has 0 radical (unpaired) electrons. The summed E-state index contributed by atoms with van der Waals surface area (Å²) >= 11 is 9.62. The summed E-state index contributed by atoms with van der Waals surface area (Å²) in [5.41, 5.74) is 1.26. The molecule has 4 aromatic rings. The third kappa shape index (κ3) is 4.90. The number of nitriles is 1. The van der Waals surface area contributed by atoms with Gasteiger partial charge in [-0.2, -0.15) is 18.4 Å². The van der Waals surface area contributed by atoms with E-state index in [1.165, 1.54) is 29.5 Å². The number of furan rings is 1. The molecule has 0 atom stereocenters. The van der Waals surface area contributed by atoms with Crippen LogP contribution in [0.5, 0.6) is 0 Å². The molecule has 0 aliphatic carbocycles. The maximum absolute atomic E-state index is 13.0. The van der Waals surface area contributed by atoms with E-state index in [0.717, 1.165) is 27.0 Å². The Balaban J connectivity index is 1.64. The van der Waals surface area contributed by atoms with Crippen molar-refractivity contribution in [3.05, 3.63) is 84.9 Å². The Morgan fingerprint density at radius 1 is 1.12 bits per heavy atom. The Hall–Kier alpha value is -2.61. The van der Waals surface area contributed by atoms with Crippen molar-refractivity contribution in [2.45, 2.75) is 6.18 Å². The fourth-order valence-electron chi connectivity index (χ4n) is 2.90. The normalized spacial score (nSPS) is 12.1. The molecule has 0 N–H and O–H groups in total. The van der Waals surface area contributed by atoms with Crippen LogP contribution in [0.2, 0.25) is 5.02 Å². The molecular formula is C23H11ClF3IN2OS.